The molecule has 0 aliphatic heterocycles. The van der Waals surface area contributed by atoms with E-state index in [0.29, 0.717) is 20.9 Å². The predicted octanol–water partition coefficient (Wildman–Crippen LogP) is 7.42. The van der Waals surface area contributed by atoms with Gasteiger partial charge in [-0.3, -0.25) is 0 Å². The molecular weight excluding hydrogens is 356 g/mol. The van der Waals surface area contributed by atoms with Crippen LogP contribution in [-0.2, 0) is 0 Å². The molecule has 0 bridgehead atoms. The third kappa shape index (κ3) is 18.8. The Morgan fingerprint density at radius 2 is 0.750 bits per heavy atom. The number of hydrogen-bond acceptors (Lipinski definition) is 0. The van der Waals surface area contributed by atoms with Crippen molar-refractivity contribution in [1.29, 1.82) is 0 Å². The van der Waals surface area contributed by atoms with E-state index < -0.39 is 0 Å². The predicted molar refractivity (Wildman–Crippen MR) is 96.0 cm³/mol. The van der Waals surface area contributed by atoms with Crippen LogP contribution in [0.1, 0.15) is 110 Å². The molecule has 0 spiro atoms. The molecule has 0 heterocycles. The Balaban J connectivity index is 2.89. The van der Waals surface area contributed by atoms with E-state index in [1.807, 2.05) is 0 Å². The second kappa shape index (κ2) is 19.8. The molecule has 0 saturated heterocycles. The van der Waals surface area contributed by atoms with Gasteiger partial charge in [0.1, 0.15) is 0 Å². The summed E-state index contributed by atoms with van der Waals surface area (Å²) in [5.41, 5.74) is 0. The summed E-state index contributed by atoms with van der Waals surface area (Å²) >= 11 is 0.415. The minimum atomic E-state index is 0.415. The Morgan fingerprint density at radius 3 is 1.05 bits per heavy atom. The normalized spacial score (nSPS) is 11.1. The third-order valence-corrected chi connectivity index (χ3v) is 6.19. The fourth-order valence-corrected chi connectivity index (χ4v) is 4.20. The Labute approximate surface area is 140 Å². The fraction of sp³-hybridized carbons (Fsp3) is 1.00. The first-order chi connectivity index (χ1) is 9.91. The first-order valence-electron chi connectivity index (χ1n) is 9.40. The molecule has 0 rings (SSSR count). The summed E-state index contributed by atoms with van der Waals surface area (Å²) in [6.45, 7) is 2.30. The van der Waals surface area contributed by atoms with Crippen LogP contribution < -0.4 is 0 Å². The van der Waals surface area contributed by atoms with Crippen LogP contribution in [0, 0.1) is 0 Å². The quantitative estimate of drug-likeness (QED) is 0.177. The van der Waals surface area contributed by atoms with Crippen LogP contribution in [0.3, 0.4) is 0 Å². The van der Waals surface area contributed by atoms with Gasteiger partial charge in [0.05, 0.1) is 0 Å². The molecule has 122 valence electrons. The van der Waals surface area contributed by atoms with Crippen molar-refractivity contribution in [3.63, 3.8) is 0 Å². The van der Waals surface area contributed by atoms with Gasteiger partial charge in [-0.15, -0.1) is 0 Å². The number of rotatable bonds is 17. The SMILES string of the molecule is CCCCCCCCCCCCCCCCCC[Te]C. The van der Waals surface area contributed by atoms with Crippen LogP contribution in [-0.4, -0.2) is 20.9 Å². The van der Waals surface area contributed by atoms with E-state index in [2.05, 4.69) is 11.9 Å². The van der Waals surface area contributed by atoms with Crippen molar-refractivity contribution in [2.24, 2.45) is 0 Å². The van der Waals surface area contributed by atoms with Crippen molar-refractivity contribution < 1.29 is 0 Å². The van der Waals surface area contributed by atoms with Gasteiger partial charge in [-0.05, 0) is 0 Å². The van der Waals surface area contributed by atoms with Gasteiger partial charge in [0.15, 0.2) is 0 Å². The molecule has 0 unspecified atom stereocenters. The van der Waals surface area contributed by atoms with Crippen molar-refractivity contribution in [2.45, 2.75) is 119 Å². The topological polar surface area (TPSA) is 0 Å². The second-order valence-corrected chi connectivity index (χ2v) is 9.11. The molecule has 0 fully saturated rings. The number of hydrogen-bond donors (Lipinski definition) is 0. The van der Waals surface area contributed by atoms with Gasteiger partial charge < -0.3 is 0 Å². The van der Waals surface area contributed by atoms with E-state index in [1.165, 1.54) is 103 Å². The molecule has 0 amide bonds. The van der Waals surface area contributed by atoms with Crippen molar-refractivity contribution >= 4 is 20.9 Å². The van der Waals surface area contributed by atoms with Crippen LogP contribution >= 0.6 is 0 Å². The average Bonchev–Trinajstić information content (AvgIpc) is 2.47. The molecule has 0 aromatic carbocycles. The summed E-state index contributed by atoms with van der Waals surface area (Å²) in [6.07, 6.45) is 23.8. The zero-order chi connectivity index (χ0) is 14.7. The minimum absolute atomic E-state index is 0.415. The summed E-state index contributed by atoms with van der Waals surface area (Å²) in [5.74, 6) is 0. The van der Waals surface area contributed by atoms with Crippen LogP contribution in [0.15, 0.2) is 0 Å². The van der Waals surface area contributed by atoms with Gasteiger partial charge in [-0.1, -0.05) is 39.0 Å². The zero-order valence-electron chi connectivity index (χ0n) is 14.4. The summed E-state index contributed by atoms with van der Waals surface area (Å²) in [7, 11) is 0. The molecule has 0 aromatic rings. The van der Waals surface area contributed by atoms with E-state index in [9.17, 15) is 0 Å². The van der Waals surface area contributed by atoms with Crippen LogP contribution in [0.25, 0.3) is 0 Å². The van der Waals surface area contributed by atoms with Crippen LogP contribution in [0.4, 0.5) is 0 Å². The van der Waals surface area contributed by atoms with E-state index in [-0.39, 0.29) is 0 Å². The van der Waals surface area contributed by atoms with Crippen LogP contribution in [0.2, 0.25) is 9.44 Å². The molecule has 0 atom stereocenters. The fourth-order valence-electron chi connectivity index (χ4n) is 2.79. The van der Waals surface area contributed by atoms with Gasteiger partial charge in [-0.2, -0.15) is 0 Å². The summed E-state index contributed by atoms with van der Waals surface area (Å²) in [5, 5.41) is 0. The van der Waals surface area contributed by atoms with Crippen molar-refractivity contribution in [3.8, 4) is 0 Å². The van der Waals surface area contributed by atoms with Gasteiger partial charge in [-0.25, -0.2) is 0 Å². The van der Waals surface area contributed by atoms with E-state index >= 15 is 0 Å². The first-order valence-corrected chi connectivity index (χ1v) is 13.4. The average molecular weight is 396 g/mol. The monoisotopic (exact) mass is 398 g/mol. The van der Waals surface area contributed by atoms with Crippen molar-refractivity contribution in [2.75, 3.05) is 0 Å². The third-order valence-electron chi connectivity index (χ3n) is 4.20. The summed E-state index contributed by atoms with van der Waals surface area (Å²) in [4.78, 5) is 2.43. The van der Waals surface area contributed by atoms with E-state index in [0.717, 1.165) is 0 Å². The van der Waals surface area contributed by atoms with Crippen LogP contribution in [0.5, 0.6) is 0 Å². The Morgan fingerprint density at radius 1 is 0.450 bits per heavy atom. The molecule has 1 heteroatoms. The summed E-state index contributed by atoms with van der Waals surface area (Å²) in [6, 6.07) is 0. The molecule has 0 N–H and O–H groups in total. The first kappa shape index (κ1) is 20.8. The van der Waals surface area contributed by atoms with Gasteiger partial charge in [0, 0.05) is 0 Å². The zero-order valence-corrected chi connectivity index (χ0v) is 16.8. The van der Waals surface area contributed by atoms with Gasteiger partial charge in [0.25, 0.3) is 0 Å². The Kier molecular flexibility index (Phi) is 20.6. The Hall–Kier alpha value is 0.790. The molecular formula is C19H40Te. The second-order valence-electron chi connectivity index (χ2n) is 6.30. The maximum atomic E-state index is 2.43. The molecule has 0 radical (unpaired) electrons. The molecule has 0 aliphatic carbocycles. The molecule has 0 nitrogen and oxygen atoms in total. The van der Waals surface area contributed by atoms with Crippen molar-refractivity contribution in [3.05, 3.63) is 0 Å². The molecule has 0 saturated carbocycles. The molecule has 20 heavy (non-hydrogen) atoms. The molecule has 0 aromatic heterocycles. The van der Waals surface area contributed by atoms with E-state index in [4.69, 9.17) is 0 Å². The van der Waals surface area contributed by atoms with E-state index in [1.54, 1.807) is 4.47 Å². The maximum absolute atomic E-state index is 2.43. The van der Waals surface area contributed by atoms with Crippen molar-refractivity contribution in [1.82, 2.24) is 0 Å². The van der Waals surface area contributed by atoms with Gasteiger partial charge in [0.2, 0.25) is 0 Å². The standard InChI is InChI=1S/C19H40Te/c1-3-4-5-6-7-8-9-10-11-12-13-14-15-16-17-18-19-20-2/h3-19H2,1-2H3. The number of unbranched alkanes of at least 4 members (excludes halogenated alkanes) is 15. The summed E-state index contributed by atoms with van der Waals surface area (Å²) < 4.78 is 1.57. The Bertz CT molecular complexity index is 138. The molecule has 0 aliphatic rings. The van der Waals surface area contributed by atoms with Gasteiger partial charge >= 0.3 is 101 Å².